The Morgan fingerprint density at radius 3 is 2.64 bits per heavy atom. The summed E-state index contributed by atoms with van der Waals surface area (Å²) in [5, 5.41) is 13.9. The molecule has 1 aromatic rings. The number of carbonyl (C=O) groups excluding carboxylic acids is 2. The topological polar surface area (TPSA) is 75.6 Å². The van der Waals surface area contributed by atoms with Crippen LogP contribution >= 0.6 is 0 Å². The second kappa shape index (κ2) is 8.94. The van der Waals surface area contributed by atoms with Crippen molar-refractivity contribution in [1.82, 2.24) is 5.32 Å². The fourth-order valence-corrected chi connectivity index (χ4v) is 5.95. The molecule has 1 fully saturated rings. The lowest BCUT2D eigenvalue weighted by Crippen LogP contribution is -2.56. The van der Waals surface area contributed by atoms with Crippen LogP contribution in [0.2, 0.25) is 0 Å². The van der Waals surface area contributed by atoms with Crippen LogP contribution in [0.1, 0.15) is 46.1 Å². The highest BCUT2D eigenvalue weighted by molar-refractivity contribution is 5.94. The van der Waals surface area contributed by atoms with E-state index in [0.717, 1.165) is 12.0 Å². The van der Waals surface area contributed by atoms with Crippen molar-refractivity contribution in [3.8, 4) is 0 Å². The number of rotatable bonds is 2. The van der Waals surface area contributed by atoms with E-state index in [1.54, 1.807) is 6.92 Å². The molecule has 7 unspecified atom stereocenters. The Bertz CT molecular complexity index is 992. The highest BCUT2D eigenvalue weighted by atomic mass is 16.6. The van der Waals surface area contributed by atoms with Gasteiger partial charge >= 0.3 is 5.97 Å². The van der Waals surface area contributed by atoms with Crippen LogP contribution in [0.4, 0.5) is 0 Å². The first kappa shape index (κ1) is 23.5. The number of amides is 1. The number of aliphatic hydroxyl groups is 1. The average molecular weight is 450 g/mol. The quantitative estimate of drug-likeness (QED) is 0.526. The van der Waals surface area contributed by atoms with E-state index in [2.05, 4.69) is 50.4 Å². The van der Waals surface area contributed by atoms with Gasteiger partial charge in [-0.3, -0.25) is 4.79 Å². The van der Waals surface area contributed by atoms with Crippen LogP contribution in [-0.2, 0) is 20.7 Å². The predicted molar refractivity (Wildman–Crippen MR) is 128 cm³/mol. The standard InChI is InChI=1S/C28H35NO4/c1-18-9-8-12-22-15-19(2)20(3)25-23(16-21-10-6-5-7-11-21)29-26(31)28(22,25)33-24(30)13-14-27(4,32)17-18/h5-8,10-15,18,20,22-23,25,32H,9,16-17H2,1-4H3,(H,29,31). The fraction of sp³-hybridized carbons (Fsp3) is 0.500. The molecule has 0 saturated carbocycles. The highest BCUT2D eigenvalue weighted by Crippen LogP contribution is 2.50. The lowest BCUT2D eigenvalue weighted by molar-refractivity contribution is -0.172. The second-order valence-electron chi connectivity index (χ2n) is 10.4. The van der Waals surface area contributed by atoms with Gasteiger partial charge in [0.15, 0.2) is 0 Å². The average Bonchev–Trinajstić information content (AvgIpc) is 3.02. The van der Waals surface area contributed by atoms with Crippen molar-refractivity contribution in [3.05, 3.63) is 71.8 Å². The Balaban J connectivity index is 1.78. The first-order valence-electron chi connectivity index (χ1n) is 12.0. The molecule has 0 aromatic heterocycles. The summed E-state index contributed by atoms with van der Waals surface area (Å²) in [5.41, 5.74) is -0.0958. The second-order valence-corrected chi connectivity index (χ2v) is 10.4. The monoisotopic (exact) mass is 449 g/mol. The molecule has 3 aliphatic rings. The van der Waals surface area contributed by atoms with E-state index in [1.807, 2.05) is 24.3 Å². The van der Waals surface area contributed by atoms with Crippen LogP contribution in [0.25, 0.3) is 0 Å². The van der Waals surface area contributed by atoms with Crippen LogP contribution in [0, 0.1) is 23.7 Å². The van der Waals surface area contributed by atoms with Crippen LogP contribution < -0.4 is 5.32 Å². The van der Waals surface area contributed by atoms with E-state index < -0.39 is 17.2 Å². The molecule has 1 saturated heterocycles. The van der Waals surface area contributed by atoms with Gasteiger partial charge in [-0.05, 0) is 56.6 Å². The molecule has 0 radical (unpaired) electrons. The lowest BCUT2D eigenvalue weighted by atomic mass is 9.63. The smallest absolute Gasteiger partial charge is 0.331 e. The summed E-state index contributed by atoms with van der Waals surface area (Å²) < 4.78 is 6.11. The Labute approximate surface area is 196 Å². The molecule has 33 heavy (non-hydrogen) atoms. The maximum absolute atomic E-state index is 13.6. The van der Waals surface area contributed by atoms with Crippen molar-refractivity contribution in [2.75, 3.05) is 0 Å². The summed E-state index contributed by atoms with van der Waals surface area (Å²) in [7, 11) is 0. The van der Waals surface area contributed by atoms with Crippen LogP contribution in [0.3, 0.4) is 0 Å². The van der Waals surface area contributed by atoms with Crippen LogP contribution in [-0.4, -0.2) is 34.2 Å². The first-order valence-corrected chi connectivity index (χ1v) is 12.0. The molecule has 5 heteroatoms. The van der Waals surface area contributed by atoms with Gasteiger partial charge in [0.05, 0.1) is 5.60 Å². The molecule has 1 aliphatic carbocycles. The summed E-state index contributed by atoms with van der Waals surface area (Å²) in [5.74, 6) is -1.10. The first-order chi connectivity index (χ1) is 15.6. The lowest BCUT2D eigenvalue weighted by Gasteiger charge is -2.44. The van der Waals surface area contributed by atoms with Gasteiger partial charge in [-0.25, -0.2) is 4.79 Å². The molecule has 5 nitrogen and oxygen atoms in total. The molecule has 2 aliphatic heterocycles. The number of benzene rings is 1. The maximum Gasteiger partial charge on any atom is 0.331 e. The van der Waals surface area contributed by atoms with Crippen molar-refractivity contribution in [2.45, 2.75) is 64.2 Å². The Kier molecular flexibility index (Phi) is 6.37. The minimum absolute atomic E-state index is 0.0639. The van der Waals surface area contributed by atoms with E-state index in [4.69, 9.17) is 4.74 Å². The van der Waals surface area contributed by atoms with Gasteiger partial charge in [0.2, 0.25) is 5.60 Å². The van der Waals surface area contributed by atoms with E-state index in [1.165, 1.54) is 17.7 Å². The van der Waals surface area contributed by atoms with Gasteiger partial charge in [0.1, 0.15) is 0 Å². The summed E-state index contributed by atoms with van der Waals surface area (Å²) in [4.78, 5) is 26.7. The van der Waals surface area contributed by atoms with Gasteiger partial charge in [0.25, 0.3) is 5.91 Å². The Hall–Kier alpha value is -2.66. The normalized spacial score (nSPS) is 38.8. The molecule has 2 heterocycles. The van der Waals surface area contributed by atoms with Crippen molar-refractivity contribution in [2.24, 2.45) is 23.7 Å². The van der Waals surface area contributed by atoms with Crippen molar-refractivity contribution in [3.63, 3.8) is 0 Å². The third-order valence-corrected chi connectivity index (χ3v) is 7.58. The third kappa shape index (κ3) is 4.56. The SMILES string of the molecule is CC1=CC2C=CCC(C)CC(C)(O)C=CC(=O)OC23C(=O)NC(Cc2ccccc2)C3C1C. The number of carbonyl (C=O) groups is 2. The molecule has 4 rings (SSSR count). The third-order valence-electron chi connectivity index (χ3n) is 7.58. The maximum atomic E-state index is 13.6. The largest absolute Gasteiger partial charge is 0.444 e. The highest BCUT2D eigenvalue weighted by Gasteiger charge is 2.64. The summed E-state index contributed by atoms with van der Waals surface area (Å²) in [6.45, 7) is 7.99. The number of ether oxygens (including phenoxy) is 1. The molecular weight excluding hydrogens is 414 g/mol. The minimum atomic E-state index is -1.31. The van der Waals surface area contributed by atoms with E-state index >= 15 is 0 Å². The Morgan fingerprint density at radius 1 is 1.18 bits per heavy atom. The molecule has 176 valence electrons. The number of esters is 1. The number of nitrogens with one attached hydrogen (secondary N) is 1. The summed E-state index contributed by atoms with van der Waals surface area (Å²) in [6.07, 6.45) is 10.9. The van der Waals surface area contributed by atoms with Gasteiger partial charge in [-0.15, -0.1) is 0 Å². The van der Waals surface area contributed by atoms with Gasteiger partial charge in [-0.1, -0.05) is 68.0 Å². The number of allylic oxidation sites excluding steroid dienone is 2. The minimum Gasteiger partial charge on any atom is -0.444 e. The zero-order chi connectivity index (χ0) is 23.8. The fourth-order valence-electron chi connectivity index (χ4n) is 5.95. The van der Waals surface area contributed by atoms with Crippen molar-refractivity contribution >= 4 is 11.9 Å². The van der Waals surface area contributed by atoms with Crippen molar-refractivity contribution in [1.29, 1.82) is 0 Å². The van der Waals surface area contributed by atoms with Crippen LogP contribution in [0.15, 0.2) is 66.3 Å². The van der Waals surface area contributed by atoms with E-state index in [9.17, 15) is 14.7 Å². The van der Waals surface area contributed by atoms with Crippen molar-refractivity contribution < 1.29 is 19.4 Å². The van der Waals surface area contributed by atoms with E-state index in [-0.39, 0.29) is 35.6 Å². The molecular formula is C28H35NO4. The molecule has 1 aromatic carbocycles. The zero-order valence-corrected chi connectivity index (χ0v) is 20.0. The molecule has 0 bridgehead atoms. The van der Waals surface area contributed by atoms with Gasteiger partial charge in [0, 0.05) is 24.0 Å². The van der Waals surface area contributed by atoms with Gasteiger partial charge in [-0.2, -0.15) is 0 Å². The van der Waals surface area contributed by atoms with Crippen LogP contribution in [0.5, 0.6) is 0 Å². The molecule has 2 N–H and O–H groups in total. The van der Waals surface area contributed by atoms with Gasteiger partial charge < -0.3 is 15.2 Å². The van der Waals surface area contributed by atoms with E-state index in [0.29, 0.717) is 12.8 Å². The Morgan fingerprint density at radius 2 is 1.91 bits per heavy atom. The molecule has 1 spiro atoms. The summed E-state index contributed by atoms with van der Waals surface area (Å²) in [6, 6.07) is 9.94. The number of hydrogen-bond acceptors (Lipinski definition) is 4. The summed E-state index contributed by atoms with van der Waals surface area (Å²) >= 11 is 0. The zero-order valence-electron chi connectivity index (χ0n) is 20.0. The number of hydrogen-bond donors (Lipinski definition) is 2. The molecule has 7 atom stereocenters. The molecule has 1 amide bonds. The predicted octanol–water partition coefficient (Wildman–Crippen LogP) is 4.13.